The Morgan fingerprint density at radius 1 is 1.33 bits per heavy atom. The summed E-state index contributed by atoms with van der Waals surface area (Å²) in [5.41, 5.74) is 1.17. The number of fused-ring (bicyclic) bond motifs is 1. The number of rotatable bonds is 4. The van der Waals surface area contributed by atoms with E-state index in [1.807, 2.05) is 0 Å². The summed E-state index contributed by atoms with van der Waals surface area (Å²) in [6, 6.07) is 3.21. The molecule has 7 heteroatoms. The zero-order valence-corrected chi connectivity index (χ0v) is 11.6. The number of nitrogens with one attached hydrogen (secondary N) is 2. The fourth-order valence-electron chi connectivity index (χ4n) is 2.30. The van der Waals surface area contributed by atoms with Gasteiger partial charge in [-0.2, -0.15) is 0 Å². The third-order valence-electron chi connectivity index (χ3n) is 3.37. The second-order valence-electron chi connectivity index (χ2n) is 4.95. The zero-order valence-electron chi connectivity index (χ0n) is 11.6. The minimum atomic E-state index is -1.39. The van der Waals surface area contributed by atoms with Crippen LogP contribution in [0.15, 0.2) is 12.1 Å². The van der Waals surface area contributed by atoms with Crippen molar-refractivity contribution < 1.29 is 24.6 Å². The number of aryl methyl sites for hydroxylation is 1. The molecule has 0 aliphatic carbocycles. The van der Waals surface area contributed by atoms with Gasteiger partial charge in [0, 0.05) is 13.5 Å². The van der Waals surface area contributed by atoms with Crippen LogP contribution in [-0.2, 0) is 9.59 Å². The number of benzene rings is 1. The van der Waals surface area contributed by atoms with Crippen LogP contribution in [0.4, 0.5) is 5.69 Å². The highest BCUT2D eigenvalue weighted by Crippen LogP contribution is 2.33. The van der Waals surface area contributed by atoms with Gasteiger partial charge in [-0.1, -0.05) is 6.07 Å². The number of aliphatic hydroxyl groups is 2. The van der Waals surface area contributed by atoms with E-state index in [2.05, 4.69) is 10.6 Å². The topological polar surface area (TPSA) is 116 Å². The fourth-order valence-corrected chi connectivity index (χ4v) is 2.30. The summed E-state index contributed by atoms with van der Waals surface area (Å²) in [6.45, 7) is 2.80. The van der Waals surface area contributed by atoms with E-state index in [1.54, 1.807) is 19.1 Å². The van der Waals surface area contributed by atoms with Gasteiger partial charge in [0.1, 0.15) is 12.2 Å². The molecule has 2 unspecified atom stereocenters. The molecule has 0 saturated heterocycles. The van der Waals surface area contributed by atoms with Gasteiger partial charge < -0.3 is 20.8 Å². The molecule has 0 radical (unpaired) electrons. The van der Waals surface area contributed by atoms with Crippen LogP contribution < -0.4 is 10.6 Å². The Bertz CT molecular complexity index is 626. The number of Topliss-reactive ketones (excluding diaryl/α,β-unsaturated/α-hetero) is 1. The summed E-state index contributed by atoms with van der Waals surface area (Å²) in [5.74, 6) is -1.85. The van der Waals surface area contributed by atoms with Crippen LogP contribution in [0.5, 0.6) is 0 Å². The van der Waals surface area contributed by atoms with Gasteiger partial charge in [-0.25, -0.2) is 0 Å². The molecule has 0 bridgehead atoms. The Labute approximate surface area is 121 Å². The maximum Gasteiger partial charge on any atom is 0.296 e. The molecule has 1 aliphatic heterocycles. The van der Waals surface area contributed by atoms with Crippen molar-refractivity contribution in [2.75, 3.05) is 11.9 Å². The lowest BCUT2D eigenvalue weighted by Crippen LogP contribution is -2.35. The molecule has 1 aromatic carbocycles. The first-order valence-corrected chi connectivity index (χ1v) is 6.42. The highest BCUT2D eigenvalue weighted by molar-refractivity contribution is 6.52. The molecular formula is C14H16N2O5. The molecule has 21 heavy (non-hydrogen) atoms. The van der Waals surface area contributed by atoms with E-state index in [9.17, 15) is 24.6 Å². The van der Waals surface area contributed by atoms with E-state index in [-0.39, 0.29) is 23.6 Å². The molecule has 4 N–H and O–H groups in total. The number of carbonyl (C=O) groups is 3. The molecule has 1 heterocycles. The Morgan fingerprint density at radius 2 is 2.00 bits per heavy atom. The van der Waals surface area contributed by atoms with Crippen molar-refractivity contribution in [1.82, 2.24) is 5.32 Å². The lowest BCUT2D eigenvalue weighted by Gasteiger charge is -2.21. The monoisotopic (exact) mass is 292 g/mol. The Morgan fingerprint density at radius 3 is 2.62 bits per heavy atom. The van der Waals surface area contributed by atoms with Crippen molar-refractivity contribution >= 4 is 23.3 Å². The molecule has 0 aromatic heterocycles. The highest BCUT2D eigenvalue weighted by atomic mass is 16.3. The molecule has 2 atom stereocenters. The summed E-state index contributed by atoms with van der Waals surface area (Å²) in [7, 11) is 0. The van der Waals surface area contributed by atoms with Crippen LogP contribution in [-0.4, -0.2) is 40.5 Å². The molecule has 1 aliphatic rings. The van der Waals surface area contributed by atoms with Gasteiger partial charge in [-0.15, -0.1) is 0 Å². The van der Waals surface area contributed by atoms with Crippen LogP contribution in [0.3, 0.4) is 0 Å². The standard InChI is InChI=1S/C14H16N2O5/c1-6-3-4-8-11(13(20)14(21)16-8)10(6)12(19)9(18)5-15-7(2)17/h3-4,9,12,18-19H,5H2,1-2H3,(H,15,17)(H,16,20,21). The van der Waals surface area contributed by atoms with Gasteiger partial charge in [0.2, 0.25) is 5.91 Å². The number of hydrogen-bond acceptors (Lipinski definition) is 5. The predicted octanol–water partition coefficient (Wildman–Crippen LogP) is -0.340. The SMILES string of the molecule is CC(=O)NCC(O)C(O)c1c(C)ccc2c1C(=O)C(=O)N2. The number of hydrogen-bond donors (Lipinski definition) is 4. The van der Waals surface area contributed by atoms with Crippen molar-refractivity contribution in [2.45, 2.75) is 26.1 Å². The van der Waals surface area contributed by atoms with Gasteiger partial charge in [0.05, 0.1) is 11.3 Å². The lowest BCUT2D eigenvalue weighted by molar-refractivity contribution is -0.119. The fraction of sp³-hybridized carbons (Fsp3) is 0.357. The van der Waals surface area contributed by atoms with Crippen LogP contribution in [0.1, 0.15) is 34.5 Å². The van der Waals surface area contributed by atoms with Gasteiger partial charge in [0.15, 0.2) is 0 Å². The number of anilines is 1. The maximum absolute atomic E-state index is 11.9. The first-order valence-electron chi connectivity index (χ1n) is 6.42. The zero-order chi connectivity index (χ0) is 15.7. The minimum absolute atomic E-state index is 0.0781. The third kappa shape index (κ3) is 2.79. The summed E-state index contributed by atoms with van der Waals surface area (Å²) in [6.07, 6.45) is -2.67. The first-order chi connectivity index (χ1) is 9.82. The first kappa shape index (κ1) is 15.1. The van der Waals surface area contributed by atoms with Gasteiger partial charge in [-0.05, 0) is 24.1 Å². The van der Waals surface area contributed by atoms with Gasteiger partial charge in [0.25, 0.3) is 11.7 Å². The predicted molar refractivity (Wildman–Crippen MR) is 73.8 cm³/mol. The summed E-state index contributed by atoms with van der Waals surface area (Å²) in [5, 5.41) is 25.0. The van der Waals surface area contributed by atoms with Crippen LogP contribution in [0.2, 0.25) is 0 Å². The molecule has 0 spiro atoms. The molecule has 2 amide bonds. The number of aliphatic hydroxyl groups excluding tert-OH is 2. The van der Waals surface area contributed by atoms with E-state index in [0.717, 1.165) is 0 Å². The van der Waals surface area contributed by atoms with Gasteiger partial charge >= 0.3 is 0 Å². The summed E-state index contributed by atoms with van der Waals surface area (Å²) >= 11 is 0. The smallest absolute Gasteiger partial charge is 0.296 e. The van der Waals surface area contributed by atoms with E-state index in [1.165, 1.54) is 6.92 Å². The third-order valence-corrected chi connectivity index (χ3v) is 3.37. The number of ketones is 1. The van der Waals surface area contributed by atoms with E-state index >= 15 is 0 Å². The van der Waals surface area contributed by atoms with Crippen molar-refractivity contribution in [1.29, 1.82) is 0 Å². The number of amides is 2. The largest absolute Gasteiger partial charge is 0.388 e. The average Bonchev–Trinajstić information content (AvgIpc) is 2.71. The Hall–Kier alpha value is -2.25. The molecule has 1 aromatic rings. The van der Waals surface area contributed by atoms with Crippen LogP contribution >= 0.6 is 0 Å². The normalized spacial score (nSPS) is 16.2. The maximum atomic E-state index is 11.9. The summed E-state index contributed by atoms with van der Waals surface area (Å²) < 4.78 is 0. The highest BCUT2D eigenvalue weighted by Gasteiger charge is 2.35. The molecule has 0 saturated carbocycles. The quantitative estimate of drug-likeness (QED) is 0.567. The van der Waals surface area contributed by atoms with Crippen LogP contribution in [0.25, 0.3) is 0 Å². The molecule has 7 nitrogen and oxygen atoms in total. The number of carbonyl (C=O) groups excluding carboxylic acids is 3. The lowest BCUT2D eigenvalue weighted by atomic mass is 9.92. The summed E-state index contributed by atoms with van der Waals surface area (Å²) in [4.78, 5) is 34.2. The molecule has 0 fully saturated rings. The minimum Gasteiger partial charge on any atom is -0.388 e. The van der Waals surface area contributed by atoms with Crippen molar-refractivity contribution in [3.05, 3.63) is 28.8 Å². The van der Waals surface area contributed by atoms with Crippen LogP contribution in [0, 0.1) is 6.92 Å². The molecular weight excluding hydrogens is 276 g/mol. The van der Waals surface area contributed by atoms with Gasteiger partial charge in [-0.3, -0.25) is 14.4 Å². The molecule has 112 valence electrons. The second-order valence-corrected chi connectivity index (χ2v) is 4.95. The van der Waals surface area contributed by atoms with E-state index in [0.29, 0.717) is 11.3 Å². The van der Waals surface area contributed by atoms with Crippen molar-refractivity contribution in [2.24, 2.45) is 0 Å². The second kappa shape index (κ2) is 5.63. The molecule has 2 rings (SSSR count). The average molecular weight is 292 g/mol. The Kier molecular flexibility index (Phi) is 4.06. The van der Waals surface area contributed by atoms with Crippen molar-refractivity contribution in [3.8, 4) is 0 Å². The van der Waals surface area contributed by atoms with E-state index < -0.39 is 23.9 Å². The van der Waals surface area contributed by atoms with Crippen molar-refractivity contribution in [3.63, 3.8) is 0 Å². The Balaban J connectivity index is 2.36. The van der Waals surface area contributed by atoms with E-state index in [4.69, 9.17) is 0 Å².